The van der Waals surface area contributed by atoms with E-state index in [1.54, 1.807) is 12.1 Å². The number of rotatable bonds is 3. The van der Waals surface area contributed by atoms with Crippen LogP contribution in [-0.4, -0.2) is 6.29 Å². The van der Waals surface area contributed by atoms with Crippen LogP contribution < -0.4 is 0 Å². The lowest BCUT2D eigenvalue weighted by Crippen LogP contribution is -1.85. The summed E-state index contributed by atoms with van der Waals surface area (Å²) in [5.41, 5.74) is 0.319. The summed E-state index contributed by atoms with van der Waals surface area (Å²) in [5, 5.41) is 0.606. The highest BCUT2D eigenvalue weighted by atomic mass is 35.5. The third-order valence-corrected chi connectivity index (χ3v) is 3.58. The van der Waals surface area contributed by atoms with Crippen molar-refractivity contribution in [2.75, 3.05) is 0 Å². The lowest BCUT2D eigenvalue weighted by atomic mass is 10.2. The van der Waals surface area contributed by atoms with E-state index in [4.69, 9.17) is 11.6 Å². The van der Waals surface area contributed by atoms with Gasteiger partial charge in [-0.1, -0.05) is 35.5 Å². The smallest absolute Gasteiger partial charge is 0.150 e. The molecule has 86 valence electrons. The molecule has 2 rings (SSSR count). The highest BCUT2D eigenvalue weighted by Gasteiger charge is 2.05. The van der Waals surface area contributed by atoms with Crippen molar-refractivity contribution in [1.29, 1.82) is 0 Å². The van der Waals surface area contributed by atoms with Crippen LogP contribution in [0.3, 0.4) is 0 Å². The van der Waals surface area contributed by atoms with Crippen LogP contribution in [0.2, 0.25) is 5.02 Å². The van der Waals surface area contributed by atoms with Crippen LogP contribution in [0.15, 0.2) is 52.3 Å². The third-order valence-electron chi connectivity index (χ3n) is 2.09. The van der Waals surface area contributed by atoms with Gasteiger partial charge in [0.15, 0.2) is 0 Å². The normalized spacial score (nSPS) is 10.2. The Morgan fingerprint density at radius 3 is 2.65 bits per heavy atom. The fourth-order valence-electron chi connectivity index (χ4n) is 1.37. The Hall–Kier alpha value is -1.32. The van der Waals surface area contributed by atoms with Crippen LogP contribution in [0.4, 0.5) is 4.39 Å². The topological polar surface area (TPSA) is 17.1 Å². The van der Waals surface area contributed by atoms with Gasteiger partial charge in [-0.2, -0.15) is 0 Å². The molecule has 0 aliphatic heterocycles. The summed E-state index contributed by atoms with van der Waals surface area (Å²) in [7, 11) is 0. The Balaban J connectivity index is 2.33. The molecule has 1 nitrogen and oxygen atoms in total. The summed E-state index contributed by atoms with van der Waals surface area (Å²) in [6.45, 7) is 0. The van der Waals surface area contributed by atoms with E-state index < -0.39 is 5.82 Å². The molecular weight excluding hydrogens is 259 g/mol. The molecule has 4 heteroatoms. The highest BCUT2D eigenvalue weighted by molar-refractivity contribution is 7.99. The van der Waals surface area contributed by atoms with Gasteiger partial charge in [0.05, 0.1) is 5.02 Å². The molecule has 2 aromatic rings. The van der Waals surface area contributed by atoms with Crippen LogP contribution >= 0.6 is 23.4 Å². The van der Waals surface area contributed by atoms with Crippen molar-refractivity contribution in [3.05, 3.63) is 58.9 Å². The minimum Gasteiger partial charge on any atom is -0.298 e. The first-order chi connectivity index (χ1) is 8.19. The van der Waals surface area contributed by atoms with Crippen LogP contribution in [0.5, 0.6) is 0 Å². The average Bonchev–Trinajstić information content (AvgIpc) is 2.31. The van der Waals surface area contributed by atoms with E-state index in [0.29, 0.717) is 21.8 Å². The molecule has 2 aromatic carbocycles. The van der Waals surface area contributed by atoms with E-state index in [0.717, 1.165) is 4.90 Å². The largest absolute Gasteiger partial charge is 0.298 e. The van der Waals surface area contributed by atoms with E-state index in [9.17, 15) is 9.18 Å². The standard InChI is InChI=1S/C13H8ClFOS/c14-12-3-1-2-4-13(12)17-11-6-9(8-16)5-10(15)7-11/h1-8H. The van der Waals surface area contributed by atoms with Gasteiger partial charge in [-0.15, -0.1) is 0 Å². The van der Waals surface area contributed by atoms with Crippen LogP contribution in [0.25, 0.3) is 0 Å². The first kappa shape index (κ1) is 12.1. The summed E-state index contributed by atoms with van der Waals surface area (Å²) in [6, 6.07) is 11.5. The summed E-state index contributed by atoms with van der Waals surface area (Å²) < 4.78 is 13.2. The van der Waals surface area contributed by atoms with E-state index in [1.807, 2.05) is 18.2 Å². The molecule has 0 saturated heterocycles. The maximum absolute atomic E-state index is 13.2. The number of carbonyl (C=O) groups excluding carboxylic acids is 1. The van der Waals surface area contributed by atoms with E-state index in [-0.39, 0.29) is 0 Å². The Kier molecular flexibility index (Phi) is 3.82. The molecule has 0 bridgehead atoms. The lowest BCUT2D eigenvalue weighted by molar-refractivity contribution is 0.112. The van der Waals surface area contributed by atoms with Crippen molar-refractivity contribution in [2.45, 2.75) is 9.79 Å². The zero-order valence-electron chi connectivity index (χ0n) is 8.69. The first-order valence-corrected chi connectivity index (χ1v) is 6.06. The number of halogens is 2. The molecule has 0 unspecified atom stereocenters. The maximum Gasteiger partial charge on any atom is 0.150 e. The zero-order valence-corrected chi connectivity index (χ0v) is 10.3. The molecule has 0 aliphatic rings. The van der Waals surface area contributed by atoms with Gasteiger partial charge in [0, 0.05) is 15.4 Å². The van der Waals surface area contributed by atoms with E-state index in [2.05, 4.69) is 0 Å². The molecule has 0 amide bonds. The summed E-state index contributed by atoms with van der Waals surface area (Å²) >= 11 is 7.33. The van der Waals surface area contributed by atoms with Crippen molar-refractivity contribution >= 4 is 29.6 Å². The minimum absolute atomic E-state index is 0.319. The SMILES string of the molecule is O=Cc1cc(F)cc(Sc2ccccc2Cl)c1. The first-order valence-electron chi connectivity index (χ1n) is 4.87. The number of carbonyl (C=O) groups is 1. The Morgan fingerprint density at radius 2 is 1.94 bits per heavy atom. The predicted octanol–water partition coefficient (Wildman–Crippen LogP) is 4.44. The fourth-order valence-corrected chi connectivity index (χ4v) is 2.55. The summed E-state index contributed by atoms with van der Waals surface area (Å²) in [4.78, 5) is 12.1. The van der Waals surface area contributed by atoms with Gasteiger partial charge in [-0.25, -0.2) is 4.39 Å². The number of hydrogen-bond donors (Lipinski definition) is 0. The number of aldehydes is 1. The van der Waals surface area contributed by atoms with Crippen LogP contribution in [0.1, 0.15) is 10.4 Å². The van der Waals surface area contributed by atoms with Gasteiger partial charge >= 0.3 is 0 Å². The van der Waals surface area contributed by atoms with Crippen molar-refractivity contribution < 1.29 is 9.18 Å². The average molecular weight is 267 g/mol. The summed E-state index contributed by atoms with van der Waals surface area (Å²) in [5.74, 6) is -0.427. The number of benzene rings is 2. The Bertz CT molecular complexity index is 557. The predicted molar refractivity (Wildman–Crippen MR) is 67.4 cm³/mol. The van der Waals surface area contributed by atoms with Crippen molar-refractivity contribution in [2.24, 2.45) is 0 Å². The molecule has 0 saturated carbocycles. The van der Waals surface area contributed by atoms with Gasteiger partial charge in [-0.05, 0) is 30.3 Å². The monoisotopic (exact) mass is 266 g/mol. The second kappa shape index (κ2) is 5.34. The van der Waals surface area contributed by atoms with Crippen LogP contribution in [0, 0.1) is 5.82 Å². The molecular formula is C13H8ClFOS. The van der Waals surface area contributed by atoms with Crippen molar-refractivity contribution in [3.63, 3.8) is 0 Å². The second-order valence-corrected chi connectivity index (χ2v) is 4.89. The molecule has 0 atom stereocenters. The lowest BCUT2D eigenvalue weighted by Gasteiger charge is -2.04. The van der Waals surface area contributed by atoms with Gasteiger partial charge in [0.1, 0.15) is 12.1 Å². The molecule has 17 heavy (non-hydrogen) atoms. The molecule has 0 aliphatic carbocycles. The molecule has 0 aromatic heterocycles. The molecule has 0 fully saturated rings. The molecule has 0 N–H and O–H groups in total. The maximum atomic E-state index is 13.2. The van der Waals surface area contributed by atoms with Crippen LogP contribution in [-0.2, 0) is 0 Å². The Morgan fingerprint density at radius 1 is 1.18 bits per heavy atom. The fraction of sp³-hybridized carbons (Fsp3) is 0. The number of hydrogen-bond acceptors (Lipinski definition) is 2. The van der Waals surface area contributed by atoms with Gasteiger partial charge < -0.3 is 0 Å². The zero-order chi connectivity index (χ0) is 12.3. The Labute approximate surface area is 108 Å². The molecule has 0 spiro atoms. The molecule has 0 heterocycles. The second-order valence-electron chi connectivity index (χ2n) is 3.37. The quantitative estimate of drug-likeness (QED) is 0.764. The van der Waals surface area contributed by atoms with Gasteiger partial charge in [-0.3, -0.25) is 4.79 Å². The van der Waals surface area contributed by atoms with Crippen molar-refractivity contribution in [1.82, 2.24) is 0 Å². The van der Waals surface area contributed by atoms with E-state index in [1.165, 1.54) is 23.9 Å². The minimum atomic E-state index is -0.427. The molecule has 0 radical (unpaired) electrons. The van der Waals surface area contributed by atoms with Gasteiger partial charge in [0.2, 0.25) is 0 Å². The van der Waals surface area contributed by atoms with Crippen molar-refractivity contribution in [3.8, 4) is 0 Å². The van der Waals surface area contributed by atoms with Gasteiger partial charge in [0.25, 0.3) is 0 Å². The highest BCUT2D eigenvalue weighted by Crippen LogP contribution is 2.33. The van der Waals surface area contributed by atoms with E-state index >= 15 is 0 Å². The third kappa shape index (κ3) is 3.08. The summed E-state index contributed by atoms with van der Waals surface area (Å²) in [6.07, 6.45) is 0.625.